The molecule has 0 aromatic heterocycles. The van der Waals surface area contributed by atoms with Crippen molar-refractivity contribution in [3.8, 4) is 0 Å². The van der Waals surface area contributed by atoms with Crippen LogP contribution in [0.15, 0.2) is 12.2 Å². The van der Waals surface area contributed by atoms with E-state index in [0.717, 1.165) is 25.3 Å². The molecule has 1 saturated heterocycles. The molecular formula is C17H28N2O. The van der Waals surface area contributed by atoms with E-state index < -0.39 is 0 Å². The van der Waals surface area contributed by atoms with Gasteiger partial charge in [-0.1, -0.05) is 25.0 Å². The molecule has 4 atom stereocenters. The number of carbonyl (C=O) groups is 1. The Kier molecular flexibility index (Phi) is 4.77. The van der Waals surface area contributed by atoms with Crippen molar-refractivity contribution in [3.63, 3.8) is 0 Å². The molecule has 0 bridgehead atoms. The molecule has 3 rings (SSSR count). The van der Waals surface area contributed by atoms with E-state index in [1.54, 1.807) is 0 Å². The molecule has 0 radical (unpaired) electrons. The minimum atomic E-state index is 0.0634. The summed E-state index contributed by atoms with van der Waals surface area (Å²) in [4.78, 5) is 12.3. The van der Waals surface area contributed by atoms with Gasteiger partial charge in [0.25, 0.3) is 0 Å². The van der Waals surface area contributed by atoms with Crippen molar-refractivity contribution in [1.29, 1.82) is 0 Å². The molecule has 1 heterocycles. The molecule has 3 heteroatoms. The van der Waals surface area contributed by atoms with Crippen molar-refractivity contribution in [2.75, 3.05) is 6.54 Å². The van der Waals surface area contributed by atoms with Crippen molar-refractivity contribution in [1.82, 2.24) is 10.6 Å². The van der Waals surface area contributed by atoms with Crippen LogP contribution in [0.3, 0.4) is 0 Å². The van der Waals surface area contributed by atoms with Gasteiger partial charge in [-0.05, 0) is 56.8 Å². The summed E-state index contributed by atoms with van der Waals surface area (Å²) in [6.45, 7) is 0.857. The maximum absolute atomic E-state index is 12.3. The zero-order valence-electron chi connectivity index (χ0n) is 12.4. The maximum Gasteiger partial charge on any atom is 0.237 e. The Bertz CT molecular complexity index is 366. The summed E-state index contributed by atoms with van der Waals surface area (Å²) >= 11 is 0. The fourth-order valence-corrected chi connectivity index (χ4v) is 4.11. The van der Waals surface area contributed by atoms with Crippen LogP contribution in [0, 0.1) is 11.8 Å². The van der Waals surface area contributed by atoms with Crippen molar-refractivity contribution in [3.05, 3.63) is 12.2 Å². The summed E-state index contributed by atoms with van der Waals surface area (Å²) in [6, 6.07) is 0.666. The first-order valence-electron chi connectivity index (χ1n) is 8.51. The van der Waals surface area contributed by atoms with E-state index in [-0.39, 0.29) is 11.9 Å². The van der Waals surface area contributed by atoms with Crippen LogP contribution in [0.5, 0.6) is 0 Å². The Morgan fingerprint density at radius 1 is 1.10 bits per heavy atom. The second-order valence-electron chi connectivity index (χ2n) is 6.84. The van der Waals surface area contributed by atoms with Crippen LogP contribution in [0.4, 0.5) is 0 Å². The fraction of sp³-hybridized carbons (Fsp3) is 0.824. The van der Waals surface area contributed by atoms with Gasteiger partial charge < -0.3 is 10.6 Å². The van der Waals surface area contributed by atoms with Crippen LogP contribution < -0.4 is 10.6 Å². The van der Waals surface area contributed by atoms with E-state index in [2.05, 4.69) is 22.8 Å². The average molecular weight is 276 g/mol. The molecule has 3 aliphatic rings. The van der Waals surface area contributed by atoms with Gasteiger partial charge in [0.05, 0.1) is 6.04 Å². The standard InChI is InChI=1S/C17H28N2O/c20-17(18-12-13-6-2-1-3-7-13)16-11-10-14-8-4-5-9-15(14)19-16/h1-2,13-16,19H,3-12H2,(H,18,20). The minimum Gasteiger partial charge on any atom is -0.354 e. The van der Waals surface area contributed by atoms with Crippen molar-refractivity contribution >= 4 is 5.91 Å². The van der Waals surface area contributed by atoms with Crippen molar-refractivity contribution in [2.24, 2.45) is 11.8 Å². The van der Waals surface area contributed by atoms with E-state index in [4.69, 9.17) is 0 Å². The maximum atomic E-state index is 12.3. The molecular weight excluding hydrogens is 248 g/mol. The zero-order valence-corrected chi connectivity index (χ0v) is 12.4. The van der Waals surface area contributed by atoms with Crippen LogP contribution in [0.2, 0.25) is 0 Å². The lowest BCUT2D eigenvalue weighted by atomic mass is 9.77. The first-order valence-corrected chi connectivity index (χ1v) is 8.51. The predicted octanol–water partition coefficient (Wildman–Crippen LogP) is 2.77. The molecule has 2 N–H and O–H groups in total. The molecule has 1 aliphatic heterocycles. The largest absolute Gasteiger partial charge is 0.354 e. The molecule has 112 valence electrons. The molecule has 0 aromatic rings. The first-order chi connectivity index (χ1) is 9.83. The van der Waals surface area contributed by atoms with Crippen molar-refractivity contribution in [2.45, 2.75) is 69.9 Å². The number of nitrogens with one attached hydrogen (secondary N) is 2. The minimum absolute atomic E-state index is 0.0634. The van der Waals surface area contributed by atoms with E-state index >= 15 is 0 Å². The fourth-order valence-electron chi connectivity index (χ4n) is 4.11. The summed E-state index contributed by atoms with van der Waals surface area (Å²) in [7, 11) is 0. The number of amides is 1. The van der Waals surface area contributed by atoms with Crippen molar-refractivity contribution < 1.29 is 4.79 Å². The number of hydrogen-bond acceptors (Lipinski definition) is 2. The highest BCUT2D eigenvalue weighted by Crippen LogP contribution is 2.32. The SMILES string of the molecule is O=C(NCC1CC=CCC1)C1CCC2CCCCC2N1. The van der Waals surface area contributed by atoms with Gasteiger partial charge in [0.2, 0.25) is 5.91 Å². The highest BCUT2D eigenvalue weighted by Gasteiger charge is 2.34. The molecule has 1 saturated carbocycles. The highest BCUT2D eigenvalue weighted by atomic mass is 16.2. The molecule has 1 amide bonds. The van der Waals surface area contributed by atoms with E-state index in [1.165, 1.54) is 44.9 Å². The van der Waals surface area contributed by atoms with Gasteiger partial charge >= 0.3 is 0 Å². The Labute approximate surface area is 122 Å². The van der Waals surface area contributed by atoms with Gasteiger partial charge in [0, 0.05) is 12.6 Å². The number of rotatable bonds is 3. The Morgan fingerprint density at radius 2 is 2.00 bits per heavy atom. The second kappa shape index (κ2) is 6.75. The molecule has 2 aliphatic carbocycles. The van der Waals surface area contributed by atoms with Crippen LogP contribution in [-0.2, 0) is 4.79 Å². The van der Waals surface area contributed by atoms with E-state index in [0.29, 0.717) is 12.0 Å². The smallest absolute Gasteiger partial charge is 0.237 e. The Hall–Kier alpha value is -0.830. The quantitative estimate of drug-likeness (QED) is 0.778. The Morgan fingerprint density at radius 3 is 2.85 bits per heavy atom. The van der Waals surface area contributed by atoms with Gasteiger partial charge in [-0.3, -0.25) is 4.79 Å². The lowest BCUT2D eigenvalue weighted by Crippen LogP contribution is -2.55. The third-order valence-corrected chi connectivity index (χ3v) is 5.41. The lowest BCUT2D eigenvalue weighted by molar-refractivity contribution is -0.124. The summed E-state index contributed by atoms with van der Waals surface area (Å²) in [6.07, 6.45) is 15.6. The van der Waals surface area contributed by atoms with Crippen LogP contribution in [0.1, 0.15) is 57.8 Å². The summed E-state index contributed by atoms with van der Waals surface area (Å²) in [5.74, 6) is 1.72. The molecule has 0 spiro atoms. The number of carbonyl (C=O) groups excluding carboxylic acids is 1. The van der Waals surface area contributed by atoms with Crippen LogP contribution in [0.25, 0.3) is 0 Å². The highest BCUT2D eigenvalue weighted by molar-refractivity contribution is 5.81. The number of allylic oxidation sites excluding steroid dienone is 2. The van der Waals surface area contributed by atoms with Gasteiger partial charge in [-0.15, -0.1) is 0 Å². The van der Waals surface area contributed by atoms with Gasteiger partial charge in [0.15, 0.2) is 0 Å². The molecule has 20 heavy (non-hydrogen) atoms. The van der Waals surface area contributed by atoms with E-state index in [9.17, 15) is 4.79 Å². The summed E-state index contributed by atoms with van der Waals surface area (Å²) < 4.78 is 0. The molecule has 3 nitrogen and oxygen atoms in total. The summed E-state index contributed by atoms with van der Waals surface area (Å²) in [5, 5.41) is 6.80. The number of piperidine rings is 1. The normalized spacial score (nSPS) is 37.2. The number of hydrogen-bond donors (Lipinski definition) is 2. The molecule has 0 aromatic carbocycles. The summed E-state index contributed by atoms with van der Waals surface area (Å²) in [5.41, 5.74) is 0. The molecule has 2 fully saturated rings. The van der Waals surface area contributed by atoms with E-state index in [1.807, 2.05) is 0 Å². The predicted molar refractivity (Wildman–Crippen MR) is 81.4 cm³/mol. The topological polar surface area (TPSA) is 41.1 Å². The second-order valence-corrected chi connectivity index (χ2v) is 6.84. The lowest BCUT2D eigenvalue weighted by Gasteiger charge is -2.40. The van der Waals surface area contributed by atoms with Gasteiger partial charge in [0.1, 0.15) is 0 Å². The van der Waals surface area contributed by atoms with Crippen LogP contribution in [-0.4, -0.2) is 24.5 Å². The van der Waals surface area contributed by atoms with Gasteiger partial charge in [-0.2, -0.15) is 0 Å². The van der Waals surface area contributed by atoms with Gasteiger partial charge in [-0.25, -0.2) is 0 Å². The zero-order chi connectivity index (χ0) is 13.8. The third-order valence-electron chi connectivity index (χ3n) is 5.41. The number of fused-ring (bicyclic) bond motifs is 1. The van der Waals surface area contributed by atoms with Crippen LogP contribution >= 0.6 is 0 Å². The third kappa shape index (κ3) is 3.43. The first kappa shape index (κ1) is 14.1. The average Bonchev–Trinajstić information content (AvgIpc) is 2.53. The molecule has 4 unspecified atom stereocenters. The Balaban J connectivity index is 1.44. The monoisotopic (exact) mass is 276 g/mol.